The number of rotatable bonds is 4. The van der Waals surface area contributed by atoms with Crippen molar-refractivity contribution in [1.29, 1.82) is 0 Å². The van der Waals surface area contributed by atoms with Crippen LogP contribution >= 0.6 is 11.3 Å². The van der Waals surface area contributed by atoms with E-state index in [0.29, 0.717) is 6.04 Å². The van der Waals surface area contributed by atoms with Crippen molar-refractivity contribution in [2.75, 3.05) is 5.32 Å². The molecule has 1 heterocycles. The smallest absolute Gasteiger partial charge is 0.0450 e. The Bertz CT molecular complexity index is 181. The first-order valence-corrected chi connectivity index (χ1v) is 5.06. The lowest BCUT2D eigenvalue weighted by Crippen LogP contribution is -2.13. The molecule has 0 saturated heterocycles. The fraction of sp³-hybridized carbons (Fsp3) is 0.556. The Kier molecular flexibility index (Phi) is 3.43. The molecule has 1 aromatic heterocycles. The topological polar surface area (TPSA) is 12.0 Å². The summed E-state index contributed by atoms with van der Waals surface area (Å²) >= 11 is 1.74. The molecule has 1 aromatic rings. The predicted octanol–water partition coefficient (Wildman–Crippen LogP) is 3.35. The van der Waals surface area contributed by atoms with Gasteiger partial charge >= 0.3 is 0 Å². The molecule has 1 atom stereocenters. The van der Waals surface area contributed by atoms with Crippen LogP contribution in [0.2, 0.25) is 0 Å². The Morgan fingerprint density at radius 1 is 1.64 bits per heavy atom. The maximum atomic E-state index is 3.43. The summed E-state index contributed by atoms with van der Waals surface area (Å²) in [6.45, 7) is 4.44. The van der Waals surface area contributed by atoms with Crippen LogP contribution in [0.3, 0.4) is 0 Å². The minimum absolute atomic E-state index is 0.606. The van der Waals surface area contributed by atoms with Gasteiger partial charge in [-0.05, 0) is 24.8 Å². The number of thiophene rings is 1. The van der Waals surface area contributed by atoms with E-state index in [-0.39, 0.29) is 0 Å². The molecule has 0 amide bonds. The maximum Gasteiger partial charge on any atom is 0.0450 e. The Labute approximate surface area is 72.4 Å². The van der Waals surface area contributed by atoms with Gasteiger partial charge in [-0.1, -0.05) is 13.3 Å². The van der Waals surface area contributed by atoms with E-state index in [1.54, 1.807) is 11.3 Å². The van der Waals surface area contributed by atoms with Gasteiger partial charge < -0.3 is 5.32 Å². The van der Waals surface area contributed by atoms with Gasteiger partial charge in [0, 0.05) is 17.1 Å². The highest BCUT2D eigenvalue weighted by molar-refractivity contribution is 7.08. The van der Waals surface area contributed by atoms with Crippen molar-refractivity contribution < 1.29 is 0 Å². The van der Waals surface area contributed by atoms with E-state index in [0.717, 1.165) is 0 Å². The summed E-state index contributed by atoms with van der Waals surface area (Å²) in [5.41, 5.74) is 1.26. The molecule has 0 aliphatic rings. The molecule has 62 valence electrons. The number of nitrogens with one attached hydrogen (secondary N) is 1. The van der Waals surface area contributed by atoms with Crippen LogP contribution in [0.15, 0.2) is 16.8 Å². The molecule has 2 heteroatoms. The molecule has 0 spiro atoms. The SMILES string of the molecule is CCCC(C)Nc1ccsc1. The predicted molar refractivity (Wildman–Crippen MR) is 52.3 cm³/mol. The molecular formula is C9H15NS. The van der Waals surface area contributed by atoms with Crippen molar-refractivity contribution in [3.05, 3.63) is 16.8 Å². The molecular weight excluding hydrogens is 154 g/mol. The van der Waals surface area contributed by atoms with E-state index < -0.39 is 0 Å². The summed E-state index contributed by atoms with van der Waals surface area (Å²) in [6.07, 6.45) is 2.49. The maximum absolute atomic E-state index is 3.43. The standard InChI is InChI=1S/C9H15NS/c1-3-4-8(2)10-9-5-6-11-7-9/h5-8,10H,3-4H2,1-2H3. The molecule has 1 rings (SSSR count). The van der Waals surface area contributed by atoms with Crippen molar-refractivity contribution in [3.63, 3.8) is 0 Å². The average Bonchev–Trinajstić information content (AvgIpc) is 2.40. The first kappa shape index (κ1) is 8.60. The van der Waals surface area contributed by atoms with Crippen LogP contribution in [0.1, 0.15) is 26.7 Å². The summed E-state index contributed by atoms with van der Waals surface area (Å²) in [7, 11) is 0. The van der Waals surface area contributed by atoms with Crippen LogP contribution < -0.4 is 5.32 Å². The Morgan fingerprint density at radius 3 is 3.00 bits per heavy atom. The lowest BCUT2D eigenvalue weighted by Gasteiger charge is -2.11. The summed E-state index contributed by atoms with van der Waals surface area (Å²) in [5.74, 6) is 0. The van der Waals surface area contributed by atoms with Gasteiger partial charge in [0.15, 0.2) is 0 Å². The van der Waals surface area contributed by atoms with Crippen molar-refractivity contribution in [1.82, 2.24) is 0 Å². The molecule has 1 nitrogen and oxygen atoms in total. The van der Waals surface area contributed by atoms with E-state index in [2.05, 4.69) is 36.0 Å². The molecule has 0 saturated carbocycles. The lowest BCUT2D eigenvalue weighted by atomic mass is 10.2. The van der Waals surface area contributed by atoms with Gasteiger partial charge in [-0.3, -0.25) is 0 Å². The van der Waals surface area contributed by atoms with Crippen LogP contribution in [0.4, 0.5) is 5.69 Å². The van der Waals surface area contributed by atoms with Crippen molar-refractivity contribution in [2.45, 2.75) is 32.7 Å². The lowest BCUT2D eigenvalue weighted by molar-refractivity contribution is 0.691. The highest BCUT2D eigenvalue weighted by atomic mass is 32.1. The third-order valence-corrected chi connectivity index (χ3v) is 2.34. The fourth-order valence-corrected chi connectivity index (χ4v) is 1.73. The molecule has 1 unspecified atom stereocenters. The molecule has 1 N–H and O–H groups in total. The monoisotopic (exact) mass is 169 g/mol. The van der Waals surface area contributed by atoms with E-state index in [1.165, 1.54) is 18.5 Å². The number of hydrogen-bond donors (Lipinski definition) is 1. The van der Waals surface area contributed by atoms with Gasteiger partial charge in [0.05, 0.1) is 0 Å². The van der Waals surface area contributed by atoms with E-state index in [1.807, 2.05) is 0 Å². The second kappa shape index (κ2) is 4.39. The summed E-state index contributed by atoms with van der Waals surface area (Å²) in [4.78, 5) is 0. The van der Waals surface area contributed by atoms with Crippen molar-refractivity contribution >= 4 is 17.0 Å². The molecule has 0 aromatic carbocycles. The van der Waals surface area contributed by atoms with Gasteiger partial charge in [0.2, 0.25) is 0 Å². The minimum Gasteiger partial charge on any atom is -0.382 e. The van der Waals surface area contributed by atoms with Crippen LogP contribution in [0.25, 0.3) is 0 Å². The largest absolute Gasteiger partial charge is 0.382 e. The van der Waals surface area contributed by atoms with E-state index in [9.17, 15) is 0 Å². The van der Waals surface area contributed by atoms with Gasteiger partial charge in [-0.15, -0.1) is 0 Å². The zero-order valence-corrected chi connectivity index (χ0v) is 7.95. The van der Waals surface area contributed by atoms with Gasteiger partial charge in [-0.2, -0.15) is 11.3 Å². The van der Waals surface area contributed by atoms with E-state index >= 15 is 0 Å². The summed E-state index contributed by atoms with van der Waals surface area (Å²) < 4.78 is 0. The molecule has 0 bridgehead atoms. The average molecular weight is 169 g/mol. The third-order valence-electron chi connectivity index (χ3n) is 1.66. The van der Waals surface area contributed by atoms with Crippen LogP contribution in [0, 0.1) is 0 Å². The highest BCUT2D eigenvalue weighted by Crippen LogP contribution is 2.14. The fourth-order valence-electron chi connectivity index (χ4n) is 1.14. The van der Waals surface area contributed by atoms with Gasteiger partial charge in [0.1, 0.15) is 0 Å². The third kappa shape index (κ3) is 2.93. The van der Waals surface area contributed by atoms with Crippen LogP contribution in [-0.2, 0) is 0 Å². The first-order chi connectivity index (χ1) is 5.33. The second-order valence-corrected chi connectivity index (χ2v) is 3.63. The highest BCUT2D eigenvalue weighted by Gasteiger charge is 1.98. The molecule has 0 aliphatic carbocycles. The molecule has 0 radical (unpaired) electrons. The van der Waals surface area contributed by atoms with Crippen molar-refractivity contribution in [2.24, 2.45) is 0 Å². The van der Waals surface area contributed by atoms with Gasteiger partial charge in [0.25, 0.3) is 0 Å². The molecule has 11 heavy (non-hydrogen) atoms. The first-order valence-electron chi connectivity index (χ1n) is 4.11. The molecule has 0 aliphatic heterocycles. The van der Waals surface area contributed by atoms with E-state index in [4.69, 9.17) is 0 Å². The van der Waals surface area contributed by atoms with Crippen LogP contribution in [-0.4, -0.2) is 6.04 Å². The quantitative estimate of drug-likeness (QED) is 0.729. The zero-order valence-electron chi connectivity index (χ0n) is 7.13. The van der Waals surface area contributed by atoms with Crippen LogP contribution in [0.5, 0.6) is 0 Å². The zero-order chi connectivity index (χ0) is 8.10. The normalized spacial score (nSPS) is 12.9. The Morgan fingerprint density at radius 2 is 2.45 bits per heavy atom. The molecule has 0 fully saturated rings. The summed E-state index contributed by atoms with van der Waals surface area (Å²) in [5, 5.41) is 7.68. The Balaban J connectivity index is 2.31. The number of anilines is 1. The minimum atomic E-state index is 0.606. The Hall–Kier alpha value is -0.500. The van der Waals surface area contributed by atoms with Crippen molar-refractivity contribution in [3.8, 4) is 0 Å². The van der Waals surface area contributed by atoms with Gasteiger partial charge in [-0.25, -0.2) is 0 Å². The second-order valence-electron chi connectivity index (χ2n) is 2.85. The summed E-state index contributed by atoms with van der Waals surface area (Å²) in [6, 6.07) is 2.73. The number of hydrogen-bond acceptors (Lipinski definition) is 2.